The fourth-order valence-electron chi connectivity index (χ4n) is 0.808. The van der Waals surface area contributed by atoms with Crippen LogP contribution in [0.3, 0.4) is 0 Å². The Hall–Kier alpha value is -2.09. The van der Waals surface area contributed by atoms with Crippen molar-refractivity contribution in [2.45, 2.75) is 0 Å². The molecular weight excluding hydrogens is 172 g/mol. The van der Waals surface area contributed by atoms with Crippen LogP contribution in [0.2, 0.25) is 0 Å². The molecule has 1 heterocycles. The van der Waals surface area contributed by atoms with Gasteiger partial charge in [0.2, 0.25) is 0 Å². The summed E-state index contributed by atoms with van der Waals surface area (Å²) in [6, 6.07) is 2.85. The molecule has 0 aliphatic rings. The molecule has 0 aliphatic carbocycles. The Bertz CT molecular complexity index is 381. The van der Waals surface area contributed by atoms with Gasteiger partial charge in [-0.2, -0.15) is 5.26 Å². The SMILES string of the molecule is COC(=O)c1cc(O)cnc1C#N. The van der Waals surface area contributed by atoms with E-state index in [0.717, 1.165) is 12.3 Å². The lowest BCUT2D eigenvalue weighted by Gasteiger charge is -2.00. The van der Waals surface area contributed by atoms with Gasteiger partial charge in [-0.1, -0.05) is 0 Å². The van der Waals surface area contributed by atoms with E-state index in [9.17, 15) is 4.79 Å². The van der Waals surface area contributed by atoms with Crippen LogP contribution in [0.5, 0.6) is 5.75 Å². The van der Waals surface area contributed by atoms with E-state index >= 15 is 0 Å². The van der Waals surface area contributed by atoms with E-state index < -0.39 is 5.97 Å². The van der Waals surface area contributed by atoms with Crippen molar-refractivity contribution in [3.63, 3.8) is 0 Å². The summed E-state index contributed by atoms with van der Waals surface area (Å²) < 4.78 is 4.39. The van der Waals surface area contributed by atoms with Gasteiger partial charge < -0.3 is 9.84 Å². The maximum Gasteiger partial charge on any atom is 0.340 e. The molecule has 0 aromatic carbocycles. The Balaban J connectivity index is 3.25. The molecule has 1 rings (SSSR count). The van der Waals surface area contributed by atoms with Crippen LogP contribution in [0.25, 0.3) is 0 Å². The molecule has 0 radical (unpaired) electrons. The Morgan fingerprint density at radius 2 is 2.46 bits per heavy atom. The number of nitriles is 1. The van der Waals surface area contributed by atoms with E-state index in [1.807, 2.05) is 0 Å². The third-order valence-corrected chi connectivity index (χ3v) is 1.38. The summed E-state index contributed by atoms with van der Waals surface area (Å²) in [4.78, 5) is 14.6. The first-order valence-corrected chi connectivity index (χ1v) is 3.36. The summed E-state index contributed by atoms with van der Waals surface area (Å²) in [7, 11) is 1.19. The molecule has 1 aromatic heterocycles. The number of pyridine rings is 1. The minimum absolute atomic E-state index is 0.0370. The third kappa shape index (κ3) is 1.73. The van der Waals surface area contributed by atoms with Gasteiger partial charge in [-0.15, -0.1) is 0 Å². The first-order chi connectivity index (χ1) is 6.19. The second-order valence-corrected chi connectivity index (χ2v) is 2.19. The van der Waals surface area contributed by atoms with Crippen molar-refractivity contribution in [1.29, 1.82) is 5.26 Å². The van der Waals surface area contributed by atoms with Crippen molar-refractivity contribution >= 4 is 5.97 Å². The molecule has 0 saturated heterocycles. The van der Waals surface area contributed by atoms with Gasteiger partial charge in [0.1, 0.15) is 11.8 Å². The number of ether oxygens (including phenoxy) is 1. The molecular formula is C8H6N2O3. The van der Waals surface area contributed by atoms with Gasteiger partial charge >= 0.3 is 5.97 Å². The number of aromatic nitrogens is 1. The van der Waals surface area contributed by atoms with Crippen LogP contribution in [0, 0.1) is 11.3 Å². The molecule has 5 heteroatoms. The zero-order valence-corrected chi connectivity index (χ0v) is 6.81. The Morgan fingerprint density at radius 3 is 3.00 bits per heavy atom. The number of aromatic hydroxyl groups is 1. The summed E-state index contributed by atoms with van der Waals surface area (Å²) in [5.41, 5.74) is -0.102. The van der Waals surface area contributed by atoms with Crippen LogP contribution in [-0.4, -0.2) is 23.2 Å². The maximum atomic E-state index is 11.0. The highest BCUT2D eigenvalue weighted by molar-refractivity contribution is 5.91. The van der Waals surface area contributed by atoms with Gasteiger partial charge in [-0.3, -0.25) is 0 Å². The van der Waals surface area contributed by atoms with Gasteiger partial charge in [0, 0.05) is 0 Å². The molecule has 0 aliphatic heterocycles. The van der Waals surface area contributed by atoms with Gasteiger partial charge in [0.05, 0.1) is 18.9 Å². The molecule has 66 valence electrons. The summed E-state index contributed by atoms with van der Waals surface area (Å²) >= 11 is 0. The molecule has 0 saturated carbocycles. The molecule has 5 nitrogen and oxygen atoms in total. The lowest BCUT2D eigenvalue weighted by atomic mass is 10.2. The standard InChI is InChI=1S/C8H6N2O3/c1-13-8(12)6-2-5(11)4-10-7(6)3-9/h2,4,11H,1H3. The van der Waals surface area contributed by atoms with Crippen molar-refractivity contribution < 1.29 is 14.6 Å². The quantitative estimate of drug-likeness (QED) is 0.631. The second-order valence-electron chi connectivity index (χ2n) is 2.19. The van der Waals surface area contributed by atoms with E-state index in [-0.39, 0.29) is 17.0 Å². The van der Waals surface area contributed by atoms with E-state index in [1.54, 1.807) is 6.07 Å². The summed E-state index contributed by atoms with van der Waals surface area (Å²) in [6.45, 7) is 0. The summed E-state index contributed by atoms with van der Waals surface area (Å²) in [5.74, 6) is -0.876. The fourth-order valence-corrected chi connectivity index (χ4v) is 0.808. The Kier molecular flexibility index (Phi) is 2.45. The van der Waals surface area contributed by atoms with Crippen molar-refractivity contribution in [3.05, 3.63) is 23.5 Å². The number of carbonyl (C=O) groups is 1. The average Bonchev–Trinajstić information content (AvgIpc) is 2.16. The van der Waals surface area contributed by atoms with Crippen LogP contribution in [0.15, 0.2) is 12.3 Å². The smallest absolute Gasteiger partial charge is 0.340 e. The molecule has 0 amide bonds. The number of rotatable bonds is 1. The van der Waals surface area contributed by atoms with Gasteiger partial charge in [0.25, 0.3) is 0 Å². The lowest BCUT2D eigenvalue weighted by molar-refractivity contribution is 0.0599. The number of methoxy groups -OCH3 is 1. The van der Waals surface area contributed by atoms with Gasteiger partial charge in [0.15, 0.2) is 5.69 Å². The van der Waals surface area contributed by atoms with E-state index in [1.165, 1.54) is 7.11 Å². The predicted molar refractivity (Wildman–Crippen MR) is 42.0 cm³/mol. The molecule has 0 fully saturated rings. The minimum Gasteiger partial charge on any atom is -0.506 e. The number of hydrogen-bond acceptors (Lipinski definition) is 5. The first kappa shape index (κ1) is 9.00. The number of carbonyl (C=O) groups excluding carboxylic acids is 1. The highest BCUT2D eigenvalue weighted by Crippen LogP contribution is 2.13. The Labute approximate surface area is 74.2 Å². The molecule has 0 unspecified atom stereocenters. The van der Waals surface area contributed by atoms with Crippen LogP contribution in [0.1, 0.15) is 16.1 Å². The van der Waals surface area contributed by atoms with E-state index in [0.29, 0.717) is 0 Å². The van der Waals surface area contributed by atoms with Gasteiger partial charge in [-0.25, -0.2) is 9.78 Å². The number of hydrogen-bond donors (Lipinski definition) is 1. The summed E-state index contributed by atoms with van der Waals surface area (Å²) in [5, 5.41) is 17.5. The molecule has 0 bridgehead atoms. The largest absolute Gasteiger partial charge is 0.506 e. The normalized spacial score (nSPS) is 8.92. The van der Waals surface area contributed by atoms with Crippen molar-refractivity contribution in [3.8, 4) is 11.8 Å². The predicted octanol–water partition coefficient (Wildman–Crippen LogP) is 0.445. The summed E-state index contributed by atoms with van der Waals surface area (Å²) in [6.07, 6.45) is 1.09. The highest BCUT2D eigenvalue weighted by atomic mass is 16.5. The average molecular weight is 178 g/mol. The van der Waals surface area contributed by atoms with Crippen LogP contribution < -0.4 is 0 Å². The molecule has 13 heavy (non-hydrogen) atoms. The van der Waals surface area contributed by atoms with Crippen LogP contribution in [0.4, 0.5) is 0 Å². The van der Waals surface area contributed by atoms with Crippen LogP contribution in [-0.2, 0) is 4.74 Å². The van der Waals surface area contributed by atoms with Crippen molar-refractivity contribution in [1.82, 2.24) is 4.98 Å². The molecule has 1 aromatic rings. The van der Waals surface area contributed by atoms with Crippen LogP contribution >= 0.6 is 0 Å². The zero-order valence-electron chi connectivity index (χ0n) is 6.81. The lowest BCUT2D eigenvalue weighted by Crippen LogP contribution is -2.05. The zero-order chi connectivity index (χ0) is 9.84. The van der Waals surface area contributed by atoms with E-state index in [4.69, 9.17) is 10.4 Å². The van der Waals surface area contributed by atoms with Crippen molar-refractivity contribution in [2.75, 3.05) is 7.11 Å². The molecule has 0 spiro atoms. The van der Waals surface area contributed by atoms with Gasteiger partial charge in [-0.05, 0) is 6.07 Å². The third-order valence-electron chi connectivity index (χ3n) is 1.38. The minimum atomic E-state index is -0.694. The van der Waals surface area contributed by atoms with E-state index in [2.05, 4.69) is 9.72 Å². The molecule has 0 atom stereocenters. The fraction of sp³-hybridized carbons (Fsp3) is 0.125. The second kappa shape index (κ2) is 3.54. The topological polar surface area (TPSA) is 83.2 Å². The molecule has 1 N–H and O–H groups in total. The number of nitrogens with zero attached hydrogens (tertiary/aromatic N) is 2. The highest BCUT2D eigenvalue weighted by Gasteiger charge is 2.13. The van der Waals surface area contributed by atoms with Crippen molar-refractivity contribution in [2.24, 2.45) is 0 Å². The maximum absolute atomic E-state index is 11.0. The number of esters is 1. The first-order valence-electron chi connectivity index (χ1n) is 3.36. The Morgan fingerprint density at radius 1 is 1.77 bits per heavy atom. The monoisotopic (exact) mass is 178 g/mol.